The monoisotopic (exact) mass is 665 g/mol. The van der Waals surface area contributed by atoms with E-state index in [1.54, 1.807) is 17.3 Å². The number of carbonyl (C=O) groups excluding carboxylic acids is 3. The highest BCUT2D eigenvalue weighted by atomic mass is 32.1. The van der Waals surface area contributed by atoms with Crippen LogP contribution in [0.25, 0.3) is 10.1 Å². The molecule has 1 saturated carbocycles. The van der Waals surface area contributed by atoms with E-state index in [0.717, 1.165) is 36.2 Å². The third-order valence-corrected chi connectivity index (χ3v) is 12.2. The van der Waals surface area contributed by atoms with Gasteiger partial charge >= 0.3 is 7.60 Å². The van der Waals surface area contributed by atoms with Crippen molar-refractivity contribution in [2.45, 2.75) is 80.4 Å². The number of carbonyl (C=O) groups is 3. The molecule has 3 N–H and O–H groups in total. The number of nitrogens with zero attached hydrogens (tertiary/aromatic N) is 4. The number of aromatic nitrogens is 1. The molecule has 3 aromatic rings. The predicted molar refractivity (Wildman–Crippen MR) is 166 cm³/mol. The van der Waals surface area contributed by atoms with Gasteiger partial charge in [-0.1, -0.05) is 12.1 Å². The van der Waals surface area contributed by atoms with Crippen molar-refractivity contribution in [3.63, 3.8) is 0 Å². The van der Waals surface area contributed by atoms with E-state index in [1.165, 1.54) is 24.3 Å². The summed E-state index contributed by atoms with van der Waals surface area (Å²) >= 11 is 1.13. The lowest BCUT2D eigenvalue weighted by Gasteiger charge is -2.35. The van der Waals surface area contributed by atoms with Crippen LogP contribution in [-0.4, -0.2) is 72.5 Å². The fraction of sp³-hybridized carbons (Fsp3) is 0.469. The van der Waals surface area contributed by atoms with Gasteiger partial charge in [0.25, 0.3) is 5.91 Å². The number of rotatable bonds is 6. The minimum atomic E-state index is -4.99. The van der Waals surface area contributed by atoms with Gasteiger partial charge in [-0.2, -0.15) is 5.26 Å². The van der Waals surface area contributed by atoms with Gasteiger partial charge in [0, 0.05) is 35.6 Å². The van der Waals surface area contributed by atoms with Crippen molar-refractivity contribution in [1.82, 2.24) is 20.1 Å². The van der Waals surface area contributed by atoms with Crippen LogP contribution in [0.3, 0.4) is 0 Å². The Hall–Kier alpha value is -3.69. The van der Waals surface area contributed by atoms with Crippen molar-refractivity contribution >= 4 is 46.7 Å². The molecule has 1 aromatic carbocycles. The smallest absolute Gasteiger partial charge is 0.340 e. The van der Waals surface area contributed by atoms with Crippen molar-refractivity contribution < 1.29 is 33.1 Å². The van der Waals surface area contributed by atoms with E-state index in [-0.39, 0.29) is 40.1 Å². The Kier molecular flexibility index (Phi) is 7.75. The molecule has 3 aliphatic heterocycles. The lowest BCUT2D eigenvalue weighted by Crippen LogP contribution is -2.56. The predicted octanol–water partition coefficient (Wildman–Crippen LogP) is 4.38. The average molecular weight is 666 g/mol. The van der Waals surface area contributed by atoms with Crippen LogP contribution in [0, 0.1) is 17.2 Å². The second-order valence-electron chi connectivity index (χ2n) is 12.8. The first-order valence-corrected chi connectivity index (χ1v) is 18.0. The highest BCUT2D eigenvalue weighted by molar-refractivity contribution is 7.51. The number of halogens is 1. The number of hydrogen-bond acceptors (Lipinski definition) is 7. The molecule has 4 fully saturated rings. The Labute approximate surface area is 268 Å². The van der Waals surface area contributed by atoms with Gasteiger partial charge in [-0.25, -0.2) is 4.39 Å². The molecule has 0 radical (unpaired) electrons. The highest BCUT2D eigenvalue weighted by Crippen LogP contribution is 2.58. The Bertz CT molecular complexity index is 1800. The number of alkyl halides is 1. The molecular weight excluding hydrogens is 632 g/mol. The molecule has 1 aliphatic carbocycles. The van der Waals surface area contributed by atoms with Crippen molar-refractivity contribution in [2.24, 2.45) is 5.92 Å². The molecule has 2 aromatic heterocycles. The number of amides is 3. The van der Waals surface area contributed by atoms with Crippen LogP contribution >= 0.6 is 18.9 Å². The molecule has 4 aliphatic rings. The average Bonchev–Trinajstić information content (AvgIpc) is 3.42. The lowest BCUT2D eigenvalue weighted by molar-refractivity contribution is -0.147. The van der Waals surface area contributed by atoms with E-state index in [4.69, 9.17) is 0 Å². The largest absolute Gasteiger partial charge is 0.363 e. The molecule has 3 saturated heterocycles. The minimum absolute atomic E-state index is 0.104. The normalized spacial score (nSPS) is 27.7. The standard InChI is InChI=1S/C32H33FN5O6PS/c33-28(45(42,43)44)18-6-9-26-20(13-18)14-27(46-26)29(39)36-24-5-1-4-21-7-8-25(38(21)30(24)40)31(41)37-17-22(19-3-2-12-35-16-19)23(15-34)32(37)10-11-32/h2-3,6,9,12-14,16,21-25,28H,1,4-5,7-8,10-11,17H2,(H,36,39)(H2,42,43,44)/t21-,22+,23+,24-,25+,28+/m0/s1. The van der Waals surface area contributed by atoms with Crippen molar-refractivity contribution in [1.29, 1.82) is 5.26 Å². The van der Waals surface area contributed by atoms with Gasteiger partial charge in [0.05, 0.1) is 22.4 Å². The zero-order chi connectivity index (χ0) is 32.4. The molecule has 11 nitrogen and oxygen atoms in total. The van der Waals surface area contributed by atoms with Crippen LogP contribution in [0.5, 0.6) is 0 Å². The molecule has 1 spiro atoms. The summed E-state index contributed by atoms with van der Waals surface area (Å²) in [4.78, 5) is 68.2. The number of thiophene rings is 1. The molecule has 0 unspecified atom stereocenters. The number of benzene rings is 1. The second-order valence-corrected chi connectivity index (χ2v) is 15.5. The van der Waals surface area contributed by atoms with E-state index >= 15 is 0 Å². The fourth-order valence-corrected chi connectivity index (χ4v) is 9.31. The third kappa shape index (κ3) is 5.21. The number of pyridine rings is 1. The molecule has 7 rings (SSSR count). The summed E-state index contributed by atoms with van der Waals surface area (Å²) in [6.07, 6.45) is 8.00. The molecular formula is C32H33FN5O6PS. The molecule has 46 heavy (non-hydrogen) atoms. The maximum Gasteiger partial charge on any atom is 0.363 e. The van der Waals surface area contributed by atoms with Gasteiger partial charge in [-0.05, 0) is 85.7 Å². The van der Waals surface area contributed by atoms with Crippen molar-refractivity contribution in [3.05, 3.63) is 64.8 Å². The van der Waals surface area contributed by atoms with E-state index < -0.39 is 37.0 Å². The molecule has 0 bridgehead atoms. The number of nitrogens with one attached hydrogen (secondary N) is 1. The lowest BCUT2D eigenvalue weighted by atomic mass is 9.85. The maximum absolute atomic E-state index is 14.3. The number of hydrogen-bond donors (Lipinski definition) is 3. The Balaban J connectivity index is 1.09. The summed E-state index contributed by atoms with van der Waals surface area (Å²) in [7, 11) is -4.99. The molecule has 5 heterocycles. The molecule has 6 atom stereocenters. The van der Waals surface area contributed by atoms with Crippen molar-refractivity contribution in [3.8, 4) is 6.07 Å². The quantitative estimate of drug-likeness (QED) is 0.327. The van der Waals surface area contributed by atoms with Crippen LogP contribution in [0.15, 0.2) is 48.8 Å². The summed E-state index contributed by atoms with van der Waals surface area (Å²) in [5.74, 6) is -3.88. The van der Waals surface area contributed by atoms with Gasteiger partial charge in [0.2, 0.25) is 17.7 Å². The van der Waals surface area contributed by atoms with Crippen LogP contribution in [-0.2, 0) is 14.2 Å². The first-order valence-electron chi connectivity index (χ1n) is 15.5. The summed E-state index contributed by atoms with van der Waals surface area (Å²) in [6.45, 7) is 0.400. The Morgan fingerprint density at radius 1 is 1.17 bits per heavy atom. The van der Waals surface area contributed by atoms with E-state index in [2.05, 4.69) is 16.4 Å². The van der Waals surface area contributed by atoms with E-state index in [9.17, 15) is 38.4 Å². The topological polar surface area (TPSA) is 164 Å². The molecule has 240 valence electrons. The van der Waals surface area contributed by atoms with Crippen LogP contribution < -0.4 is 5.32 Å². The van der Waals surface area contributed by atoms with Gasteiger partial charge in [0.1, 0.15) is 12.1 Å². The van der Waals surface area contributed by atoms with Gasteiger partial charge in [-0.3, -0.25) is 23.9 Å². The molecule has 3 amide bonds. The SMILES string of the molecule is N#C[C@@H]1[C@@H](c2cccnc2)CN(C(=O)[C@H]2CC[C@@H]3CCC[C@H](NC(=O)c4cc5cc([C@H](F)P(=O)(O)O)ccc5s4)C(=O)N32)C12CC2. The maximum atomic E-state index is 14.3. The summed E-state index contributed by atoms with van der Waals surface area (Å²) in [5.41, 5.74) is 0.220. The van der Waals surface area contributed by atoms with Gasteiger partial charge < -0.3 is 24.9 Å². The molecule has 14 heteroatoms. The Morgan fingerprint density at radius 3 is 2.67 bits per heavy atom. The highest BCUT2D eigenvalue weighted by Gasteiger charge is 2.64. The van der Waals surface area contributed by atoms with Gasteiger partial charge in [-0.15, -0.1) is 11.3 Å². The summed E-state index contributed by atoms with van der Waals surface area (Å²) in [6, 6.07) is 10.3. The summed E-state index contributed by atoms with van der Waals surface area (Å²) in [5, 5.41) is 13.5. The zero-order valence-corrected chi connectivity index (χ0v) is 26.5. The first-order chi connectivity index (χ1) is 22.0. The fourth-order valence-electron chi connectivity index (χ4n) is 7.81. The van der Waals surface area contributed by atoms with E-state index in [0.29, 0.717) is 42.3 Å². The third-order valence-electron chi connectivity index (χ3n) is 10.2. The van der Waals surface area contributed by atoms with E-state index in [1.807, 2.05) is 17.0 Å². The Morgan fingerprint density at radius 2 is 1.98 bits per heavy atom. The van der Waals surface area contributed by atoms with Crippen LogP contribution in [0.1, 0.15) is 77.6 Å². The zero-order valence-electron chi connectivity index (χ0n) is 24.8. The number of nitriles is 1. The minimum Gasteiger partial charge on any atom is -0.340 e. The van der Waals surface area contributed by atoms with Crippen molar-refractivity contribution in [2.75, 3.05) is 6.54 Å². The number of likely N-dealkylation sites (tertiary alicyclic amines) is 1. The summed E-state index contributed by atoms with van der Waals surface area (Å²) < 4.78 is 26.3. The van der Waals surface area contributed by atoms with Gasteiger partial charge in [0.15, 0.2) is 0 Å². The van der Waals surface area contributed by atoms with Crippen LogP contribution in [0.2, 0.25) is 0 Å². The first kappa shape index (κ1) is 30.9. The van der Waals surface area contributed by atoms with Crippen LogP contribution in [0.4, 0.5) is 4.39 Å². The number of fused-ring (bicyclic) bond motifs is 2. The second kappa shape index (κ2) is 11.5.